The second-order valence-corrected chi connectivity index (χ2v) is 7.06. The zero-order valence-electron chi connectivity index (χ0n) is 11.2. The van der Waals surface area contributed by atoms with E-state index in [0.717, 1.165) is 18.4 Å². The van der Waals surface area contributed by atoms with Crippen molar-refractivity contribution in [1.82, 2.24) is 9.62 Å². The quantitative estimate of drug-likeness (QED) is 0.916. The Balaban J connectivity index is 2.20. The van der Waals surface area contributed by atoms with Crippen LogP contribution in [0.5, 0.6) is 0 Å². The van der Waals surface area contributed by atoms with Crippen LogP contribution < -0.4 is 4.72 Å². The SMILES string of the molecule is CNS(=O)(=O)CC(=O)N1CCC[C@@H]1c1ccccc1Cl. The molecule has 1 N–H and O–H groups in total. The maximum absolute atomic E-state index is 12.2. The Hall–Kier alpha value is -1.11. The van der Waals surface area contributed by atoms with Crippen LogP contribution in [-0.2, 0) is 14.8 Å². The van der Waals surface area contributed by atoms with Gasteiger partial charge in [-0.15, -0.1) is 0 Å². The number of halogens is 1. The number of nitrogens with one attached hydrogen (secondary N) is 1. The van der Waals surface area contributed by atoms with Crippen LogP contribution in [0, 0.1) is 0 Å². The summed E-state index contributed by atoms with van der Waals surface area (Å²) in [5.41, 5.74) is 0.877. The molecule has 7 heteroatoms. The number of rotatable bonds is 4. The van der Waals surface area contributed by atoms with Crippen LogP contribution >= 0.6 is 11.6 Å². The summed E-state index contributed by atoms with van der Waals surface area (Å²) in [6.07, 6.45) is 1.65. The Bertz CT molecular complexity index is 603. The second kappa shape index (κ2) is 6.11. The molecule has 1 aromatic carbocycles. The van der Waals surface area contributed by atoms with Gasteiger partial charge >= 0.3 is 0 Å². The summed E-state index contributed by atoms with van der Waals surface area (Å²) in [5.74, 6) is -0.911. The van der Waals surface area contributed by atoms with Crippen molar-refractivity contribution in [3.05, 3.63) is 34.9 Å². The van der Waals surface area contributed by atoms with Gasteiger partial charge < -0.3 is 4.90 Å². The molecule has 1 fully saturated rings. The molecular weight excluding hydrogens is 300 g/mol. The molecule has 1 aliphatic heterocycles. The van der Waals surface area contributed by atoms with Gasteiger partial charge in [-0.25, -0.2) is 13.1 Å². The zero-order valence-corrected chi connectivity index (χ0v) is 12.7. The molecule has 1 saturated heterocycles. The van der Waals surface area contributed by atoms with Crippen LogP contribution in [0.2, 0.25) is 5.02 Å². The number of hydrogen-bond donors (Lipinski definition) is 1. The van der Waals surface area contributed by atoms with Crippen molar-refractivity contribution in [2.45, 2.75) is 18.9 Å². The van der Waals surface area contributed by atoms with E-state index in [0.29, 0.717) is 11.6 Å². The first-order chi connectivity index (χ1) is 9.44. The lowest BCUT2D eigenvalue weighted by molar-refractivity contribution is -0.129. The molecule has 0 aliphatic carbocycles. The van der Waals surface area contributed by atoms with Gasteiger partial charge in [0.1, 0.15) is 5.75 Å². The number of carbonyl (C=O) groups is 1. The van der Waals surface area contributed by atoms with Crippen molar-refractivity contribution >= 4 is 27.5 Å². The van der Waals surface area contributed by atoms with Crippen molar-refractivity contribution in [1.29, 1.82) is 0 Å². The number of hydrogen-bond acceptors (Lipinski definition) is 3. The largest absolute Gasteiger partial charge is 0.335 e. The Labute approximate surface area is 124 Å². The average molecular weight is 317 g/mol. The van der Waals surface area contributed by atoms with E-state index in [1.807, 2.05) is 18.2 Å². The fourth-order valence-electron chi connectivity index (χ4n) is 2.45. The first-order valence-electron chi connectivity index (χ1n) is 6.40. The van der Waals surface area contributed by atoms with Gasteiger partial charge in [0.25, 0.3) is 0 Å². The molecule has 0 saturated carbocycles. The summed E-state index contributed by atoms with van der Waals surface area (Å²) in [5, 5.41) is 0.605. The van der Waals surface area contributed by atoms with E-state index in [1.54, 1.807) is 11.0 Å². The van der Waals surface area contributed by atoms with Crippen LogP contribution in [0.1, 0.15) is 24.4 Å². The van der Waals surface area contributed by atoms with E-state index in [1.165, 1.54) is 7.05 Å². The number of sulfonamides is 1. The van der Waals surface area contributed by atoms with E-state index in [2.05, 4.69) is 4.72 Å². The highest BCUT2D eigenvalue weighted by Crippen LogP contribution is 2.35. The summed E-state index contributed by atoms with van der Waals surface area (Å²) in [4.78, 5) is 13.8. The van der Waals surface area contributed by atoms with Crippen molar-refractivity contribution in [2.24, 2.45) is 0 Å². The number of carbonyl (C=O) groups excluding carboxylic acids is 1. The summed E-state index contributed by atoms with van der Waals surface area (Å²) < 4.78 is 25.1. The van der Waals surface area contributed by atoms with Crippen LogP contribution in [0.3, 0.4) is 0 Å². The molecule has 1 aromatic rings. The standard InChI is InChI=1S/C13H17ClN2O3S/c1-15-20(18,19)9-13(17)16-8-4-7-12(16)10-5-2-3-6-11(10)14/h2-3,5-6,12,15H,4,7-9H2,1H3/t12-/m1/s1. The van der Waals surface area contributed by atoms with E-state index in [-0.39, 0.29) is 11.9 Å². The van der Waals surface area contributed by atoms with Gasteiger partial charge in [-0.2, -0.15) is 0 Å². The maximum atomic E-state index is 12.2. The van der Waals surface area contributed by atoms with E-state index in [9.17, 15) is 13.2 Å². The van der Waals surface area contributed by atoms with Crippen molar-refractivity contribution in [2.75, 3.05) is 19.3 Å². The second-order valence-electron chi connectivity index (χ2n) is 4.73. The molecule has 0 spiro atoms. The maximum Gasteiger partial charge on any atom is 0.239 e. The van der Waals surface area contributed by atoms with Crippen LogP contribution in [-0.4, -0.2) is 38.6 Å². The number of amides is 1. The third-order valence-corrected chi connectivity index (χ3v) is 5.06. The molecule has 1 atom stereocenters. The smallest absolute Gasteiger partial charge is 0.239 e. The van der Waals surface area contributed by atoms with E-state index in [4.69, 9.17) is 11.6 Å². The first kappa shape index (κ1) is 15.3. The normalized spacial score (nSPS) is 19.3. The van der Waals surface area contributed by atoms with Crippen LogP contribution in [0.4, 0.5) is 0 Å². The van der Waals surface area contributed by atoms with Crippen molar-refractivity contribution in [3.63, 3.8) is 0 Å². The highest BCUT2D eigenvalue weighted by atomic mass is 35.5. The van der Waals surface area contributed by atoms with Crippen molar-refractivity contribution < 1.29 is 13.2 Å². The summed E-state index contributed by atoms with van der Waals surface area (Å²) in [6, 6.07) is 7.22. The Morgan fingerprint density at radius 1 is 1.45 bits per heavy atom. The molecule has 0 aromatic heterocycles. The summed E-state index contributed by atoms with van der Waals surface area (Å²) >= 11 is 6.17. The minimum atomic E-state index is -3.55. The van der Waals surface area contributed by atoms with Crippen molar-refractivity contribution in [3.8, 4) is 0 Å². The fraction of sp³-hybridized carbons (Fsp3) is 0.462. The molecule has 1 amide bonds. The molecule has 20 heavy (non-hydrogen) atoms. The van der Waals surface area contributed by atoms with E-state index >= 15 is 0 Å². The molecule has 110 valence electrons. The molecule has 2 rings (SSSR count). The van der Waals surface area contributed by atoms with Gasteiger partial charge in [-0.1, -0.05) is 29.8 Å². The first-order valence-corrected chi connectivity index (χ1v) is 8.43. The minimum Gasteiger partial charge on any atom is -0.335 e. The van der Waals surface area contributed by atoms with Gasteiger partial charge in [-0.3, -0.25) is 4.79 Å². The lowest BCUT2D eigenvalue weighted by Crippen LogP contribution is -2.38. The average Bonchev–Trinajstić information content (AvgIpc) is 2.88. The molecule has 0 unspecified atom stereocenters. The van der Waals surface area contributed by atoms with Gasteiger partial charge in [0.2, 0.25) is 15.9 Å². The lowest BCUT2D eigenvalue weighted by atomic mass is 10.0. The zero-order chi connectivity index (χ0) is 14.8. The Morgan fingerprint density at radius 2 is 2.15 bits per heavy atom. The highest BCUT2D eigenvalue weighted by molar-refractivity contribution is 7.90. The van der Waals surface area contributed by atoms with Crippen LogP contribution in [0.15, 0.2) is 24.3 Å². The monoisotopic (exact) mass is 316 g/mol. The molecule has 0 bridgehead atoms. The fourth-order valence-corrected chi connectivity index (χ4v) is 3.35. The van der Waals surface area contributed by atoms with Gasteiger partial charge in [0, 0.05) is 11.6 Å². The number of benzene rings is 1. The molecule has 0 radical (unpaired) electrons. The Morgan fingerprint density at radius 3 is 2.80 bits per heavy atom. The van der Waals surface area contributed by atoms with Gasteiger partial charge in [0.15, 0.2) is 0 Å². The predicted molar refractivity (Wildman–Crippen MR) is 78.0 cm³/mol. The Kier molecular flexibility index (Phi) is 4.67. The molecule has 1 heterocycles. The molecular formula is C13H17ClN2O3S. The third kappa shape index (κ3) is 3.31. The minimum absolute atomic E-state index is 0.136. The molecule has 1 aliphatic rings. The van der Waals surface area contributed by atoms with Crippen LogP contribution in [0.25, 0.3) is 0 Å². The number of likely N-dealkylation sites (tertiary alicyclic amines) is 1. The summed E-state index contributed by atoms with van der Waals surface area (Å²) in [7, 11) is -2.24. The van der Waals surface area contributed by atoms with Gasteiger partial charge in [-0.05, 0) is 31.5 Å². The summed E-state index contributed by atoms with van der Waals surface area (Å²) in [6.45, 7) is 0.563. The highest BCUT2D eigenvalue weighted by Gasteiger charge is 2.32. The third-order valence-electron chi connectivity index (χ3n) is 3.46. The predicted octanol–water partition coefficient (Wildman–Crippen LogP) is 1.55. The van der Waals surface area contributed by atoms with Gasteiger partial charge in [0.05, 0.1) is 6.04 Å². The van der Waals surface area contributed by atoms with E-state index < -0.39 is 15.8 Å². The topological polar surface area (TPSA) is 66.5 Å². The lowest BCUT2D eigenvalue weighted by Gasteiger charge is -2.25. The molecule has 5 nitrogen and oxygen atoms in total. The number of nitrogens with zero attached hydrogens (tertiary/aromatic N) is 1.